The Balaban J connectivity index is 2.38. The van der Waals surface area contributed by atoms with Crippen LogP contribution >= 0.6 is 11.3 Å². The van der Waals surface area contributed by atoms with E-state index in [1.54, 1.807) is 24.3 Å². The Bertz CT molecular complexity index is 828. The molecule has 1 aromatic heterocycles. The molecule has 0 aliphatic carbocycles. The molecule has 0 unspecified atom stereocenters. The lowest BCUT2D eigenvalue weighted by Crippen LogP contribution is -2.14. The van der Waals surface area contributed by atoms with Gasteiger partial charge in [0.2, 0.25) is 4.80 Å². The summed E-state index contributed by atoms with van der Waals surface area (Å²) < 4.78 is 30.9. The largest absolute Gasteiger partial charge is 0.323 e. The molecule has 4 nitrogen and oxygen atoms in total. The van der Waals surface area contributed by atoms with Crippen molar-refractivity contribution >= 4 is 21.4 Å². The van der Waals surface area contributed by atoms with E-state index in [1.165, 1.54) is 29.1 Å². The van der Waals surface area contributed by atoms with Crippen molar-refractivity contribution in [2.24, 2.45) is 11.4 Å². The maximum absolute atomic E-state index is 12.5. The molecule has 23 heavy (non-hydrogen) atoms. The van der Waals surface area contributed by atoms with Gasteiger partial charge in [0.05, 0.1) is 4.90 Å². The lowest BCUT2D eigenvalue weighted by Gasteiger charge is -2.00. The van der Waals surface area contributed by atoms with Gasteiger partial charge in [0.15, 0.2) is 0 Å². The first kappa shape index (κ1) is 17.9. The highest BCUT2D eigenvalue weighted by Gasteiger charge is 2.14. The number of benzene rings is 1. The summed E-state index contributed by atoms with van der Waals surface area (Å²) in [7, 11) is -1.79. The molecule has 0 saturated carbocycles. The molecule has 0 aliphatic rings. The molecule has 0 spiro atoms. The maximum Gasteiger partial charge on any atom is 0.285 e. The van der Waals surface area contributed by atoms with Gasteiger partial charge in [-0.25, -0.2) is 0 Å². The molecular formula is C17H24N2O2S2. The van der Waals surface area contributed by atoms with Crippen LogP contribution in [-0.2, 0) is 23.5 Å². The first-order chi connectivity index (χ1) is 10.8. The predicted molar refractivity (Wildman–Crippen MR) is 95.2 cm³/mol. The van der Waals surface area contributed by atoms with Gasteiger partial charge in [0.1, 0.15) is 0 Å². The molecule has 0 atom stereocenters. The molecule has 126 valence electrons. The van der Waals surface area contributed by atoms with Crippen LogP contribution in [0.5, 0.6) is 0 Å². The molecule has 0 radical (unpaired) electrons. The van der Waals surface area contributed by atoms with Crippen molar-refractivity contribution in [1.29, 1.82) is 0 Å². The Morgan fingerprint density at radius 3 is 2.39 bits per heavy atom. The fraction of sp³-hybridized carbons (Fsp3) is 0.471. The van der Waals surface area contributed by atoms with E-state index in [2.05, 4.69) is 11.3 Å². The summed E-state index contributed by atoms with van der Waals surface area (Å²) in [5, 5.41) is 0. The van der Waals surface area contributed by atoms with E-state index >= 15 is 0 Å². The molecule has 0 bridgehead atoms. The van der Waals surface area contributed by atoms with E-state index in [0.29, 0.717) is 4.80 Å². The van der Waals surface area contributed by atoms with E-state index in [4.69, 9.17) is 0 Å². The van der Waals surface area contributed by atoms with Gasteiger partial charge in [-0.05, 0) is 38.8 Å². The molecule has 1 aromatic carbocycles. The van der Waals surface area contributed by atoms with Gasteiger partial charge < -0.3 is 4.57 Å². The Hall–Kier alpha value is -1.40. The number of aryl methyl sites for hydroxylation is 2. The normalized spacial score (nSPS) is 12.8. The van der Waals surface area contributed by atoms with Crippen molar-refractivity contribution in [2.75, 3.05) is 0 Å². The van der Waals surface area contributed by atoms with E-state index < -0.39 is 10.0 Å². The number of hydrogen-bond donors (Lipinski definition) is 0. The summed E-state index contributed by atoms with van der Waals surface area (Å²) in [6.45, 7) is 6.13. The van der Waals surface area contributed by atoms with Crippen LogP contribution in [0.1, 0.15) is 42.3 Å². The fourth-order valence-electron chi connectivity index (χ4n) is 2.30. The number of rotatable bonds is 6. The van der Waals surface area contributed by atoms with Crippen LogP contribution in [0.25, 0.3) is 0 Å². The Morgan fingerprint density at radius 2 is 1.78 bits per heavy atom. The third-order valence-corrected chi connectivity index (χ3v) is 6.62. The van der Waals surface area contributed by atoms with E-state index in [0.717, 1.165) is 24.1 Å². The second-order valence-corrected chi connectivity index (χ2v) is 8.45. The van der Waals surface area contributed by atoms with Gasteiger partial charge >= 0.3 is 0 Å². The monoisotopic (exact) mass is 352 g/mol. The average molecular weight is 353 g/mol. The van der Waals surface area contributed by atoms with Crippen LogP contribution in [0.4, 0.5) is 0 Å². The van der Waals surface area contributed by atoms with Crippen LogP contribution in [-0.4, -0.2) is 13.0 Å². The molecule has 2 aromatic rings. The fourth-order valence-corrected chi connectivity index (χ4v) is 4.68. The molecule has 0 N–H and O–H groups in total. The number of sulfonamides is 1. The zero-order chi connectivity index (χ0) is 17.0. The van der Waals surface area contributed by atoms with Crippen molar-refractivity contribution in [3.05, 3.63) is 45.2 Å². The minimum atomic E-state index is -3.67. The van der Waals surface area contributed by atoms with Crippen molar-refractivity contribution in [2.45, 2.75) is 51.3 Å². The average Bonchev–Trinajstić information content (AvgIpc) is 2.76. The van der Waals surface area contributed by atoms with Gasteiger partial charge in [-0.3, -0.25) is 0 Å². The molecule has 0 saturated heterocycles. The second kappa shape index (κ2) is 7.45. The molecule has 6 heteroatoms. The van der Waals surface area contributed by atoms with Crippen molar-refractivity contribution in [3.8, 4) is 0 Å². The highest BCUT2D eigenvalue weighted by Crippen LogP contribution is 2.17. The molecule has 1 heterocycles. The third kappa shape index (κ3) is 4.32. The highest BCUT2D eigenvalue weighted by molar-refractivity contribution is 7.90. The van der Waals surface area contributed by atoms with Crippen LogP contribution in [0.3, 0.4) is 0 Å². The molecule has 2 rings (SSSR count). The van der Waals surface area contributed by atoms with Crippen molar-refractivity contribution < 1.29 is 8.42 Å². The van der Waals surface area contributed by atoms with Gasteiger partial charge in [-0.15, -0.1) is 15.7 Å². The van der Waals surface area contributed by atoms with E-state index in [-0.39, 0.29) is 4.90 Å². The summed E-state index contributed by atoms with van der Waals surface area (Å²) in [6.07, 6.45) is 4.48. The summed E-state index contributed by atoms with van der Waals surface area (Å²) in [5.41, 5.74) is 2.13. The smallest absolute Gasteiger partial charge is 0.285 e. The molecule has 0 fully saturated rings. The highest BCUT2D eigenvalue weighted by atomic mass is 32.2. The number of aromatic nitrogens is 1. The number of thiazole rings is 1. The Labute approximate surface area is 142 Å². The zero-order valence-corrected chi connectivity index (χ0v) is 15.8. The minimum Gasteiger partial charge on any atom is -0.323 e. The maximum atomic E-state index is 12.5. The van der Waals surface area contributed by atoms with Gasteiger partial charge in [-0.1, -0.05) is 37.5 Å². The van der Waals surface area contributed by atoms with Crippen LogP contribution in [0, 0.1) is 13.8 Å². The van der Waals surface area contributed by atoms with E-state index in [1.807, 2.05) is 25.5 Å². The zero-order valence-electron chi connectivity index (χ0n) is 14.2. The number of nitrogens with zero attached hydrogens (tertiary/aromatic N) is 2. The van der Waals surface area contributed by atoms with Crippen molar-refractivity contribution in [3.63, 3.8) is 0 Å². The SMILES string of the molecule is CCCCCc1s/c(=N\S(=O)(=O)c2ccc(C)cc2)n(C)c1C. The molecule has 0 aliphatic heterocycles. The third-order valence-electron chi connectivity index (χ3n) is 3.93. The lowest BCUT2D eigenvalue weighted by molar-refractivity contribution is 0.596. The van der Waals surface area contributed by atoms with Gasteiger partial charge in [-0.2, -0.15) is 8.42 Å². The lowest BCUT2D eigenvalue weighted by atomic mass is 10.2. The first-order valence-corrected chi connectivity index (χ1v) is 10.1. The van der Waals surface area contributed by atoms with Crippen LogP contribution in [0.15, 0.2) is 33.6 Å². The summed E-state index contributed by atoms with van der Waals surface area (Å²) in [4.78, 5) is 2.00. The number of hydrogen-bond acceptors (Lipinski definition) is 3. The minimum absolute atomic E-state index is 0.238. The second-order valence-electron chi connectivity index (χ2n) is 5.79. The van der Waals surface area contributed by atoms with Crippen LogP contribution in [0.2, 0.25) is 0 Å². The number of unbranched alkanes of at least 4 members (excludes halogenated alkanes) is 2. The standard InChI is InChI=1S/C17H24N2O2S2/c1-5-6-7-8-16-14(3)19(4)17(22-16)18-23(20,21)15-11-9-13(2)10-12-15/h9-12H,5-8H2,1-4H3/b18-17-. The summed E-state index contributed by atoms with van der Waals surface area (Å²) in [5.74, 6) is 0. The quantitative estimate of drug-likeness (QED) is 0.744. The summed E-state index contributed by atoms with van der Waals surface area (Å²) >= 11 is 1.48. The van der Waals surface area contributed by atoms with Gasteiger partial charge in [0.25, 0.3) is 10.0 Å². The topological polar surface area (TPSA) is 51.4 Å². The van der Waals surface area contributed by atoms with E-state index in [9.17, 15) is 8.42 Å². The summed E-state index contributed by atoms with van der Waals surface area (Å²) in [6, 6.07) is 6.80. The van der Waals surface area contributed by atoms with Gasteiger partial charge in [0, 0.05) is 17.6 Å². The Morgan fingerprint density at radius 1 is 1.13 bits per heavy atom. The molecular weight excluding hydrogens is 328 g/mol. The van der Waals surface area contributed by atoms with Crippen molar-refractivity contribution in [1.82, 2.24) is 4.57 Å². The Kier molecular flexibility index (Phi) is 5.81. The molecule has 0 amide bonds. The van der Waals surface area contributed by atoms with Crippen LogP contribution < -0.4 is 4.80 Å². The first-order valence-electron chi connectivity index (χ1n) is 7.88. The predicted octanol–water partition coefficient (Wildman–Crippen LogP) is 3.73.